The van der Waals surface area contributed by atoms with Crippen molar-refractivity contribution in [3.05, 3.63) is 52.3 Å². The minimum Gasteiger partial charge on any atom is -0.381 e. The van der Waals surface area contributed by atoms with Crippen LogP contribution in [0.15, 0.2) is 30.6 Å². The zero-order chi connectivity index (χ0) is 21.4. The number of ether oxygens (including phenoxy) is 2. The molecule has 1 amide bonds. The molecule has 31 heavy (non-hydrogen) atoms. The van der Waals surface area contributed by atoms with Gasteiger partial charge in [-0.2, -0.15) is 5.10 Å². The zero-order valence-electron chi connectivity index (χ0n) is 17.8. The predicted octanol–water partition coefficient (Wildman–Crippen LogP) is 3.20. The molecular weight excluding hydrogens is 416 g/mol. The quantitative estimate of drug-likeness (QED) is 0.784. The van der Waals surface area contributed by atoms with E-state index < -0.39 is 11.7 Å². The van der Waals surface area contributed by atoms with E-state index in [4.69, 9.17) is 21.1 Å². The van der Waals surface area contributed by atoms with Crippen molar-refractivity contribution in [1.82, 2.24) is 20.0 Å². The van der Waals surface area contributed by atoms with E-state index in [1.807, 2.05) is 24.4 Å². The molecule has 1 aromatic heterocycles. The molecule has 8 heteroatoms. The van der Waals surface area contributed by atoms with Gasteiger partial charge in [-0.05, 0) is 48.9 Å². The summed E-state index contributed by atoms with van der Waals surface area (Å²) in [5.74, 6) is -0.108. The molecule has 2 saturated heterocycles. The van der Waals surface area contributed by atoms with Gasteiger partial charge >= 0.3 is 0 Å². The highest BCUT2D eigenvalue weighted by Crippen LogP contribution is 2.50. The summed E-state index contributed by atoms with van der Waals surface area (Å²) in [5.41, 5.74) is 2.80. The molecule has 2 fully saturated rings. The van der Waals surface area contributed by atoms with Crippen molar-refractivity contribution in [2.45, 2.75) is 50.0 Å². The molecule has 1 spiro atoms. The molecule has 3 aliphatic heterocycles. The molecular formula is C23H29ClN4O3. The van der Waals surface area contributed by atoms with Gasteiger partial charge in [0.1, 0.15) is 0 Å². The Kier molecular flexibility index (Phi) is 5.77. The molecule has 1 aromatic carbocycles. The number of likely N-dealkylation sites (N-methyl/N-ethyl adjacent to an activating group) is 1. The van der Waals surface area contributed by atoms with Crippen LogP contribution in [0.3, 0.4) is 0 Å². The third kappa shape index (κ3) is 4.00. The zero-order valence-corrected chi connectivity index (χ0v) is 18.6. The number of carbonyl (C=O) groups is 1. The lowest BCUT2D eigenvalue weighted by Crippen LogP contribution is -2.42. The molecule has 0 aliphatic carbocycles. The Morgan fingerprint density at radius 2 is 2.06 bits per heavy atom. The minimum atomic E-state index is -0.568. The second kappa shape index (κ2) is 8.54. The van der Waals surface area contributed by atoms with Crippen LogP contribution in [0.4, 0.5) is 0 Å². The Labute approximate surface area is 187 Å². The lowest BCUT2D eigenvalue weighted by atomic mass is 9.83. The van der Waals surface area contributed by atoms with E-state index in [-0.39, 0.29) is 5.91 Å². The van der Waals surface area contributed by atoms with Gasteiger partial charge in [0.25, 0.3) is 5.91 Å². The van der Waals surface area contributed by atoms with Crippen molar-refractivity contribution in [2.75, 3.05) is 33.4 Å². The summed E-state index contributed by atoms with van der Waals surface area (Å²) >= 11 is 6.31. The topological polar surface area (TPSA) is 68.6 Å². The number of aromatic nitrogens is 2. The lowest BCUT2D eigenvalue weighted by molar-refractivity contribution is -0.150. The van der Waals surface area contributed by atoms with Crippen LogP contribution in [0.1, 0.15) is 54.5 Å². The largest absolute Gasteiger partial charge is 0.381 e. The monoisotopic (exact) mass is 444 g/mol. The number of amides is 1. The van der Waals surface area contributed by atoms with Crippen molar-refractivity contribution in [3.63, 3.8) is 0 Å². The van der Waals surface area contributed by atoms with Crippen LogP contribution in [-0.2, 0) is 26.4 Å². The highest BCUT2D eigenvalue weighted by molar-refractivity contribution is 6.30. The van der Waals surface area contributed by atoms with Crippen LogP contribution >= 0.6 is 11.6 Å². The summed E-state index contributed by atoms with van der Waals surface area (Å²) in [6.07, 6.45) is 7.33. The molecule has 1 N–H and O–H groups in total. The Morgan fingerprint density at radius 3 is 2.81 bits per heavy atom. The number of likely N-dealkylation sites (tertiary alicyclic amines) is 1. The Hall–Kier alpha value is -1.93. The average molecular weight is 445 g/mol. The predicted molar refractivity (Wildman–Crippen MR) is 117 cm³/mol. The van der Waals surface area contributed by atoms with Crippen LogP contribution in [-0.4, -0.2) is 53.9 Å². The minimum absolute atomic E-state index is 0.108. The van der Waals surface area contributed by atoms with Crippen LogP contribution in [0.25, 0.3) is 0 Å². The molecule has 1 unspecified atom stereocenters. The summed E-state index contributed by atoms with van der Waals surface area (Å²) in [6, 6.07) is 6.20. The fraction of sp³-hybridized carbons (Fsp3) is 0.565. The van der Waals surface area contributed by atoms with E-state index in [1.54, 1.807) is 7.05 Å². The maximum Gasteiger partial charge on any atom is 0.253 e. The first-order valence-electron chi connectivity index (χ1n) is 11.1. The van der Waals surface area contributed by atoms with Gasteiger partial charge in [-0.3, -0.25) is 14.4 Å². The van der Waals surface area contributed by atoms with Gasteiger partial charge in [-0.15, -0.1) is 0 Å². The van der Waals surface area contributed by atoms with Crippen molar-refractivity contribution in [2.24, 2.45) is 0 Å². The number of hydrogen-bond acceptors (Lipinski definition) is 5. The molecule has 7 nitrogen and oxygen atoms in total. The van der Waals surface area contributed by atoms with Gasteiger partial charge in [0.2, 0.25) is 0 Å². The van der Waals surface area contributed by atoms with Gasteiger partial charge in [0.05, 0.1) is 17.8 Å². The van der Waals surface area contributed by atoms with Crippen LogP contribution < -0.4 is 5.32 Å². The van der Waals surface area contributed by atoms with Crippen molar-refractivity contribution >= 4 is 17.5 Å². The first kappa shape index (κ1) is 20.9. The summed E-state index contributed by atoms with van der Waals surface area (Å²) in [7, 11) is 1.65. The highest BCUT2D eigenvalue weighted by Gasteiger charge is 2.48. The standard InChI is InChI=1S/C23H29ClN4O3/c1-25-22(29)21-19-3-2-17(24)12-20(19)23(31-21)6-8-27(9-7-23)14-16-13-26-28(15-16)18-4-10-30-11-5-18/h2-3,12-13,15,18,21H,4-11,14H2,1H3,(H,25,29). The van der Waals surface area contributed by atoms with Crippen molar-refractivity contribution in [3.8, 4) is 0 Å². The highest BCUT2D eigenvalue weighted by atomic mass is 35.5. The van der Waals surface area contributed by atoms with Crippen LogP contribution in [0.5, 0.6) is 0 Å². The third-order valence-electron chi connectivity index (χ3n) is 6.91. The molecule has 166 valence electrons. The van der Waals surface area contributed by atoms with Crippen molar-refractivity contribution in [1.29, 1.82) is 0 Å². The fourth-order valence-electron chi connectivity index (χ4n) is 5.16. The Morgan fingerprint density at radius 1 is 1.29 bits per heavy atom. The summed E-state index contributed by atoms with van der Waals surface area (Å²) in [5, 5.41) is 8.02. The SMILES string of the molecule is CNC(=O)C1OC2(CCN(Cc3cnn(C4CCOCC4)c3)CC2)c2cc(Cl)ccc21. The van der Waals surface area contributed by atoms with Gasteiger partial charge < -0.3 is 14.8 Å². The van der Waals surface area contributed by atoms with E-state index in [0.29, 0.717) is 11.1 Å². The molecule has 4 heterocycles. The third-order valence-corrected chi connectivity index (χ3v) is 7.14. The van der Waals surface area contributed by atoms with Crippen LogP contribution in [0.2, 0.25) is 5.02 Å². The molecule has 0 radical (unpaired) electrons. The number of carbonyl (C=O) groups excluding carboxylic acids is 1. The number of halogens is 1. The van der Waals surface area contributed by atoms with E-state index >= 15 is 0 Å². The Balaban J connectivity index is 1.27. The normalized spacial score (nSPS) is 23.7. The summed E-state index contributed by atoms with van der Waals surface area (Å²) in [4.78, 5) is 14.9. The molecule has 2 aromatic rings. The number of piperidine rings is 1. The van der Waals surface area contributed by atoms with E-state index in [2.05, 4.69) is 26.2 Å². The van der Waals surface area contributed by atoms with Gasteiger partial charge in [-0.25, -0.2) is 0 Å². The van der Waals surface area contributed by atoms with E-state index in [0.717, 1.165) is 69.7 Å². The number of nitrogens with one attached hydrogen (secondary N) is 1. The van der Waals surface area contributed by atoms with Gasteiger partial charge in [0.15, 0.2) is 6.10 Å². The first-order valence-corrected chi connectivity index (χ1v) is 11.5. The fourth-order valence-corrected chi connectivity index (χ4v) is 5.33. The molecule has 0 saturated carbocycles. The number of nitrogens with zero attached hydrogens (tertiary/aromatic N) is 3. The molecule has 5 rings (SSSR count). The smallest absolute Gasteiger partial charge is 0.253 e. The lowest BCUT2D eigenvalue weighted by Gasteiger charge is -2.39. The molecule has 3 aliphatic rings. The number of benzene rings is 1. The van der Waals surface area contributed by atoms with E-state index in [9.17, 15) is 4.79 Å². The summed E-state index contributed by atoms with van der Waals surface area (Å²) < 4.78 is 14.0. The summed E-state index contributed by atoms with van der Waals surface area (Å²) in [6.45, 7) is 4.30. The number of fused-ring (bicyclic) bond motifs is 2. The maximum absolute atomic E-state index is 12.4. The van der Waals surface area contributed by atoms with Crippen LogP contribution in [0, 0.1) is 0 Å². The first-order chi connectivity index (χ1) is 15.1. The second-order valence-electron chi connectivity index (χ2n) is 8.79. The van der Waals surface area contributed by atoms with Crippen molar-refractivity contribution < 1.29 is 14.3 Å². The number of hydrogen-bond donors (Lipinski definition) is 1. The van der Waals surface area contributed by atoms with E-state index in [1.165, 1.54) is 5.56 Å². The second-order valence-corrected chi connectivity index (χ2v) is 9.22. The molecule has 0 bridgehead atoms. The molecule has 1 atom stereocenters. The van der Waals surface area contributed by atoms with Gasteiger partial charge in [0, 0.05) is 56.7 Å². The Bertz CT molecular complexity index is 948. The number of rotatable bonds is 4. The average Bonchev–Trinajstić information content (AvgIpc) is 3.39. The maximum atomic E-state index is 12.4. The van der Waals surface area contributed by atoms with Gasteiger partial charge in [-0.1, -0.05) is 17.7 Å².